The molecule has 0 aliphatic carbocycles. The van der Waals surface area contributed by atoms with Gasteiger partial charge in [0.2, 0.25) is 0 Å². The second-order valence-corrected chi connectivity index (χ2v) is 6.46. The van der Waals surface area contributed by atoms with Crippen molar-refractivity contribution in [2.45, 2.75) is 59.0 Å². The highest BCUT2D eigenvalue weighted by Crippen LogP contribution is 2.18. The molecule has 2 aromatic carbocycles. The predicted molar refractivity (Wildman–Crippen MR) is 102 cm³/mol. The first-order valence-electron chi connectivity index (χ1n) is 9.26. The Hall–Kier alpha value is -1.80. The van der Waals surface area contributed by atoms with Gasteiger partial charge in [-0.15, -0.1) is 0 Å². The molecule has 2 rings (SSSR count). The Morgan fingerprint density at radius 1 is 0.875 bits per heavy atom. The van der Waals surface area contributed by atoms with E-state index in [0.29, 0.717) is 0 Å². The third-order valence-corrected chi connectivity index (χ3v) is 4.21. The molecular formula is C22H31NO. The molecule has 24 heavy (non-hydrogen) atoms. The van der Waals surface area contributed by atoms with Crippen LogP contribution < -0.4 is 10.1 Å². The lowest BCUT2D eigenvalue weighted by Gasteiger charge is -2.12. The Morgan fingerprint density at radius 2 is 1.71 bits per heavy atom. The third kappa shape index (κ3) is 6.76. The molecule has 2 aromatic rings. The minimum Gasteiger partial charge on any atom is -0.493 e. The molecule has 0 saturated heterocycles. The third-order valence-electron chi connectivity index (χ3n) is 4.21. The van der Waals surface area contributed by atoms with Crippen molar-refractivity contribution >= 4 is 0 Å². The van der Waals surface area contributed by atoms with Crippen molar-refractivity contribution in [3.05, 3.63) is 65.2 Å². The van der Waals surface area contributed by atoms with E-state index in [1.165, 1.54) is 42.4 Å². The fraction of sp³-hybridized carbons (Fsp3) is 0.455. The SMILES string of the molecule is CCCCCCCOc1ccccc1CNCc1cccc(C)c1. The first kappa shape index (κ1) is 18.5. The summed E-state index contributed by atoms with van der Waals surface area (Å²) < 4.78 is 6.00. The Balaban J connectivity index is 1.76. The molecule has 0 heterocycles. The maximum absolute atomic E-state index is 6.00. The zero-order valence-corrected chi connectivity index (χ0v) is 15.2. The minimum atomic E-state index is 0.818. The lowest BCUT2D eigenvalue weighted by Crippen LogP contribution is -2.14. The lowest BCUT2D eigenvalue weighted by atomic mass is 10.1. The van der Waals surface area contributed by atoms with Gasteiger partial charge in [0.25, 0.3) is 0 Å². The summed E-state index contributed by atoms with van der Waals surface area (Å²) in [6.45, 7) is 6.91. The van der Waals surface area contributed by atoms with E-state index in [9.17, 15) is 0 Å². The van der Waals surface area contributed by atoms with Crippen LogP contribution in [0.25, 0.3) is 0 Å². The van der Waals surface area contributed by atoms with Crippen LogP contribution in [0.15, 0.2) is 48.5 Å². The second kappa shape index (κ2) is 10.9. The van der Waals surface area contributed by atoms with Gasteiger partial charge in [-0.2, -0.15) is 0 Å². The Bertz CT molecular complexity index is 594. The zero-order valence-electron chi connectivity index (χ0n) is 15.2. The molecule has 130 valence electrons. The van der Waals surface area contributed by atoms with E-state index >= 15 is 0 Å². The van der Waals surface area contributed by atoms with Crippen LogP contribution in [0.4, 0.5) is 0 Å². The van der Waals surface area contributed by atoms with Crippen molar-refractivity contribution < 1.29 is 4.74 Å². The van der Waals surface area contributed by atoms with Crippen molar-refractivity contribution in [3.63, 3.8) is 0 Å². The number of ether oxygens (including phenoxy) is 1. The summed E-state index contributed by atoms with van der Waals surface area (Å²) in [6, 6.07) is 17.0. The maximum Gasteiger partial charge on any atom is 0.123 e. The van der Waals surface area contributed by atoms with Gasteiger partial charge in [0.15, 0.2) is 0 Å². The highest BCUT2D eigenvalue weighted by Gasteiger charge is 2.03. The van der Waals surface area contributed by atoms with Crippen molar-refractivity contribution in [1.82, 2.24) is 5.32 Å². The number of benzene rings is 2. The number of aryl methyl sites for hydroxylation is 1. The zero-order chi connectivity index (χ0) is 17.0. The number of nitrogens with one attached hydrogen (secondary N) is 1. The molecule has 0 aromatic heterocycles. The first-order valence-corrected chi connectivity index (χ1v) is 9.26. The highest BCUT2D eigenvalue weighted by molar-refractivity contribution is 5.33. The molecule has 0 unspecified atom stereocenters. The number of para-hydroxylation sites is 1. The molecule has 2 heteroatoms. The van der Waals surface area contributed by atoms with Crippen molar-refractivity contribution in [2.24, 2.45) is 0 Å². The standard InChI is InChI=1S/C22H31NO/c1-3-4-5-6-9-15-24-22-14-8-7-13-21(22)18-23-17-20-12-10-11-19(2)16-20/h7-8,10-14,16,23H,3-6,9,15,17-18H2,1-2H3. The Morgan fingerprint density at radius 3 is 2.54 bits per heavy atom. The summed E-state index contributed by atoms with van der Waals surface area (Å²) in [7, 11) is 0. The molecule has 0 saturated carbocycles. The normalized spacial score (nSPS) is 10.8. The van der Waals surface area contributed by atoms with Crippen molar-refractivity contribution in [2.75, 3.05) is 6.61 Å². The van der Waals surface area contributed by atoms with E-state index in [4.69, 9.17) is 4.74 Å². The number of hydrogen-bond donors (Lipinski definition) is 1. The van der Waals surface area contributed by atoms with Crippen LogP contribution in [-0.4, -0.2) is 6.61 Å². The summed E-state index contributed by atoms with van der Waals surface area (Å²) in [5.41, 5.74) is 3.86. The Labute approximate surface area is 147 Å². The van der Waals surface area contributed by atoms with Gasteiger partial charge >= 0.3 is 0 Å². The van der Waals surface area contributed by atoms with Gasteiger partial charge in [0.1, 0.15) is 5.75 Å². The van der Waals surface area contributed by atoms with E-state index in [2.05, 4.69) is 67.7 Å². The molecule has 0 spiro atoms. The summed E-state index contributed by atoms with van der Waals surface area (Å²) >= 11 is 0. The fourth-order valence-corrected chi connectivity index (χ4v) is 2.84. The van der Waals surface area contributed by atoms with Gasteiger partial charge < -0.3 is 10.1 Å². The quantitative estimate of drug-likeness (QED) is 0.540. The van der Waals surface area contributed by atoms with Crippen LogP contribution >= 0.6 is 0 Å². The molecule has 0 aliphatic heterocycles. The Kier molecular flexibility index (Phi) is 8.40. The minimum absolute atomic E-state index is 0.818. The molecule has 0 bridgehead atoms. The largest absolute Gasteiger partial charge is 0.493 e. The van der Waals surface area contributed by atoms with E-state index in [0.717, 1.165) is 31.9 Å². The first-order chi connectivity index (χ1) is 11.8. The molecule has 0 amide bonds. The van der Waals surface area contributed by atoms with Crippen molar-refractivity contribution in [3.8, 4) is 5.75 Å². The summed E-state index contributed by atoms with van der Waals surface area (Å²) in [6.07, 6.45) is 6.35. The highest BCUT2D eigenvalue weighted by atomic mass is 16.5. The maximum atomic E-state index is 6.00. The fourth-order valence-electron chi connectivity index (χ4n) is 2.84. The molecule has 0 fully saturated rings. The molecule has 1 N–H and O–H groups in total. The van der Waals surface area contributed by atoms with Crippen molar-refractivity contribution in [1.29, 1.82) is 0 Å². The van der Waals surface area contributed by atoms with Gasteiger partial charge in [-0.25, -0.2) is 0 Å². The summed E-state index contributed by atoms with van der Waals surface area (Å²) in [5.74, 6) is 1.02. The molecule has 0 atom stereocenters. The average Bonchev–Trinajstić information content (AvgIpc) is 2.59. The van der Waals surface area contributed by atoms with Crippen LogP contribution in [0, 0.1) is 6.92 Å². The number of unbranched alkanes of at least 4 members (excludes halogenated alkanes) is 4. The smallest absolute Gasteiger partial charge is 0.123 e. The topological polar surface area (TPSA) is 21.3 Å². The summed E-state index contributed by atoms with van der Waals surface area (Å²) in [4.78, 5) is 0. The molecule has 0 radical (unpaired) electrons. The van der Waals surface area contributed by atoms with E-state index in [1.54, 1.807) is 0 Å². The van der Waals surface area contributed by atoms with Crippen LogP contribution in [-0.2, 0) is 13.1 Å². The van der Waals surface area contributed by atoms with E-state index in [-0.39, 0.29) is 0 Å². The van der Waals surface area contributed by atoms with Gasteiger partial charge in [-0.1, -0.05) is 80.6 Å². The van der Waals surface area contributed by atoms with Gasteiger partial charge in [-0.05, 0) is 25.0 Å². The van der Waals surface area contributed by atoms with Gasteiger partial charge in [-0.3, -0.25) is 0 Å². The molecular weight excluding hydrogens is 294 g/mol. The average molecular weight is 325 g/mol. The van der Waals surface area contributed by atoms with Gasteiger partial charge in [0, 0.05) is 18.7 Å². The number of hydrogen-bond acceptors (Lipinski definition) is 2. The second-order valence-electron chi connectivity index (χ2n) is 6.46. The monoisotopic (exact) mass is 325 g/mol. The lowest BCUT2D eigenvalue weighted by molar-refractivity contribution is 0.301. The predicted octanol–water partition coefficient (Wildman–Crippen LogP) is 5.63. The van der Waals surface area contributed by atoms with E-state index in [1.807, 2.05) is 0 Å². The molecule has 2 nitrogen and oxygen atoms in total. The van der Waals surface area contributed by atoms with Gasteiger partial charge in [0.05, 0.1) is 6.61 Å². The van der Waals surface area contributed by atoms with E-state index < -0.39 is 0 Å². The van der Waals surface area contributed by atoms with Crippen LogP contribution in [0.3, 0.4) is 0 Å². The number of rotatable bonds is 11. The van der Waals surface area contributed by atoms with Crippen LogP contribution in [0.5, 0.6) is 5.75 Å². The molecule has 0 aliphatic rings. The van der Waals surface area contributed by atoms with Crippen LogP contribution in [0.1, 0.15) is 55.7 Å². The summed E-state index contributed by atoms with van der Waals surface area (Å²) in [5, 5.41) is 3.52. The van der Waals surface area contributed by atoms with Crippen LogP contribution in [0.2, 0.25) is 0 Å².